The fraction of sp³-hybridized carbons (Fsp3) is 0.692. The van der Waals surface area contributed by atoms with Crippen molar-refractivity contribution >= 4 is 47.8 Å². The predicted octanol–water partition coefficient (Wildman–Crippen LogP) is -1.71. The maximum Gasteiger partial charge on any atom is 0.234 e. The second kappa shape index (κ2) is 6.95. The highest BCUT2D eigenvalue weighted by atomic mass is 32.3. The van der Waals surface area contributed by atoms with Crippen molar-refractivity contribution in [2.45, 2.75) is 38.5 Å². The molecule has 0 bridgehead atoms. The predicted molar refractivity (Wildman–Crippen MR) is 92.8 cm³/mol. The second-order valence-corrected chi connectivity index (χ2v) is 12.6. The molecule has 0 radical (unpaired) electrons. The van der Waals surface area contributed by atoms with Gasteiger partial charge in [-0.3, -0.25) is 27.3 Å². The number of sulfonamides is 3. The van der Waals surface area contributed by atoms with Crippen LogP contribution in [0.1, 0.15) is 38.5 Å². The first-order valence-electron chi connectivity index (χ1n) is 8.45. The second-order valence-electron chi connectivity index (χ2n) is 6.47. The number of carbonyl (C=O) groups is 3. The van der Waals surface area contributed by atoms with Gasteiger partial charge in [0.2, 0.25) is 17.7 Å². The van der Waals surface area contributed by atoms with E-state index in [0.29, 0.717) is 0 Å². The van der Waals surface area contributed by atoms with Crippen LogP contribution in [0.25, 0.3) is 0 Å². The summed E-state index contributed by atoms with van der Waals surface area (Å²) < 4.78 is 76.5. The van der Waals surface area contributed by atoms with Crippen molar-refractivity contribution in [2.24, 2.45) is 0 Å². The van der Waals surface area contributed by atoms with Crippen LogP contribution in [0.2, 0.25) is 0 Å². The van der Waals surface area contributed by atoms with E-state index < -0.39 is 71.3 Å². The van der Waals surface area contributed by atoms with Crippen molar-refractivity contribution in [3.05, 3.63) is 3.91 Å². The Hall–Kier alpha value is -1.74. The summed E-state index contributed by atoms with van der Waals surface area (Å²) in [7, 11) is -16.1. The Labute approximate surface area is 162 Å². The van der Waals surface area contributed by atoms with Gasteiger partial charge in [0.05, 0.1) is 0 Å². The molecule has 0 N–H and O–H groups in total. The maximum atomic E-state index is 13.0. The van der Waals surface area contributed by atoms with Gasteiger partial charge >= 0.3 is 0 Å². The molecule has 3 aliphatic rings. The van der Waals surface area contributed by atoms with Gasteiger partial charge in [0.1, 0.15) is 34.0 Å². The first kappa shape index (κ1) is 21.0. The highest BCUT2D eigenvalue weighted by Crippen LogP contribution is 2.38. The largest absolute Gasteiger partial charge is 0.274 e. The normalized spacial score (nSPS) is 22.2. The Morgan fingerprint density at radius 3 is 0.964 bits per heavy atom. The van der Waals surface area contributed by atoms with Gasteiger partial charge in [-0.25, -0.2) is 25.3 Å². The van der Waals surface area contributed by atoms with Crippen LogP contribution in [-0.4, -0.2) is 75.5 Å². The molecule has 3 aliphatic heterocycles. The molecule has 3 saturated heterocycles. The summed E-state index contributed by atoms with van der Waals surface area (Å²) >= 11 is 0. The van der Waals surface area contributed by atoms with Gasteiger partial charge in [0.25, 0.3) is 0 Å². The summed E-state index contributed by atoms with van der Waals surface area (Å²) in [4.78, 5) is 35.8. The standard InChI is InChI=1S/C13H18N3O9S3/c17-10-4-1-7-14(10)26(20,21)13(27(22,23)15-8-2-5-11(15)18)28(24,25)16-9-3-6-12(16)19/h1-9H2/q-1. The fourth-order valence-electron chi connectivity index (χ4n) is 3.30. The molecule has 3 amide bonds. The third-order valence-electron chi connectivity index (χ3n) is 4.59. The average Bonchev–Trinajstić information content (AvgIpc) is 3.27. The quantitative estimate of drug-likeness (QED) is 0.423. The number of carbonyl (C=O) groups excluding carboxylic acids is 3. The minimum atomic E-state index is -5.35. The molecular formula is C13H18N3O9S3-. The molecule has 3 heterocycles. The molecule has 0 unspecified atom stereocenters. The van der Waals surface area contributed by atoms with E-state index in [1.54, 1.807) is 0 Å². The van der Waals surface area contributed by atoms with Crippen molar-refractivity contribution in [3.63, 3.8) is 0 Å². The van der Waals surface area contributed by atoms with E-state index in [-0.39, 0.29) is 51.4 Å². The van der Waals surface area contributed by atoms with Crippen LogP contribution in [0, 0.1) is 3.91 Å². The lowest BCUT2D eigenvalue weighted by molar-refractivity contribution is -0.124. The molecule has 0 aromatic carbocycles. The molecular weight excluding hydrogens is 438 g/mol. The van der Waals surface area contributed by atoms with Gasteiger partial charge in [0, 0.05) is 38.9 Å². The maximum absolute atomic E-state index is 13.0. The van der Waals surface area contributed by atoms with Crippen molar-refractivity contribution in [1.29, 1.82) is 0 Å². The van der Waals surface area contributed by atoms with Crippen molar-refractivity contribution < 1.29 is 39.6 Å². The van der Waals surface area contributed by atoms with Crippen molar-refractivity contribution in [1.82, 2.24) is 12.9 Å². The molecule has 0 aromatic heterocycles. The zero-order valence-electron chi connectivity index (χ0n) is 14.6. The smallest absolute Gasteiger partial charge is 0.234 e. The summed E-state index contributed by atoms with van der Waals surface area (Å²) in [5.41, 5.74) is 0. The summed E-state index contributed by atoms with van der Waals surface area (Å²) in [5, 5.41) is 0. The Morgan fingerprint density at radius 2 is 0.786 bits per heavy atom. The third kappa shape index (κ3) is 3.18. The van der Waals surface area contributed by atoms with E-state index in [9.17, 15) is 39.6 Å². The van der Waals surface area contributed by atoms with Crippen LogP contribution < -0.4 is 0 Å². The highest BCUT2D eigenvalue weighted by Gasteiger charge is 2.49. The molecule has 28 heavy (non-hydrogen) atoms. The minimum Gasteiger partial charge on any atom is -0.274 e. The van der Waals surface area contributed by atoms with Gasteiger partial charge in [-0.2, -0.15) is 0 Å². The summed E-state index contributed by atoms with van der Waals surface area (Å²) in [6.45, 7) is -1.17. The van der Waals surface area contributed by atoms with Crippen LogP contribution in [0.3, 0.4) is 0 Å². The minimum absolute atomic E-state index is 0.0940. The lowest BCUT2D eigenvalue weighted by Gasteiger charge is -2.38. The third-order valence-corrected chi connectivity index (χ3v) is 12.5. The van der Waals surface area contributed by atoms with Gasteiger partial charge < -0.3 is 0 Å². The lowest BCUT2D eigenvalue weighted by Crippen LogP contribution is -2.51. The molecule has 0 aromatic rings. The summed E-state index contributed by atoms with van der Waals surface area (Å²) in [6, 6.07) is 0. The Morgan fingerprint density at radius 1 is 0.536 bits per heavy atom. The Balaban J connectivity index is 2.18. The van der Waals surface area contributed by atoms with Crippen LogP contribution in [0.5, 0.6) is 0 Å². The molecule has 158 valence electrons. The average molecular weight is 457 g/mol. The zero-order chi connectivity index (χ0) is 20.9. The lowest BCUT2D eigenvalue weighted by atomic mass is 10.4. The molecule has 0 aliphatic carbocycles. The molecule has 0 spiro atoms. The number of rotatable bonds is 6. The molecule has 3 rings (SSSR count). The van der Waals surface area contributed by atoms with Gasteiger partial charge in [-0.15, -0.1) is 0 Å². The van der Waals surface area contributed by atoms with E-state index in [4.69, 9.17) is 0 Å². The zero-order valence-corrected chi connectivity index (χ0v) is 17.1. The van der Waals surface area contributed by atoms with Gasteiger partial charge in [-0.1, -0.05) is 0 Å². The molecule has 12 nitrogen and oxygen atoms in total. The van der Waals surface area contributed by atoms with E-state index in [1.807, 2.05) is 0 Å². The van der Waals surface area contributed by atoms with E-state index in [2.05, 4.69) is 0 Å². The van der Waals surface area contributed by atoms with Gasteiger partial charge in [-0.05, 0) is 19.3 Å². The first-order chi connectivity index (χ1) is 12.9. The molecule has 3 fully saturated rings. The van der Waals surface area contributed by atoms with Crippen LogP contribution in [0.4, 0.5) is 0 Å². The highest BCUT2D eigenvalue weighted by molar-refractivity contribution is 8.27. The first-order valence-corrected chi connectivity index (χ1v) is 12.8. The Bertz CT molecular complexity index is 899. The monoisotopic (exact) mass is 456 g/mol. The van der Waals surface area contributed by atoms with E-state index in [1.165, 1.54) is 0 Å². The summed E-state index contributed by atoms with van der Waals surface area (Å²) in [5.74, 6) is -2.87. The number of hydrogen-bond acceptors (Lipinski definition) is 9. The number of amides is 3. The number of nitrogens with zero attached hydrogens (tertiary/aromatic N) is 3. The van der Waals surface area contributed by atoms with Crippen LogP contribution in [-0.2, 0) is 44.5 Å². The van der Waals surface area contributed by atoms with Crippen molar-refractivity contribution in [2.75, 3.05) is 19.6 Å². The van der Waals surface area contributed by atoms with E-state index >= 15 is 0 Å². The topological polar surface area (TPSA) is 163 Å². The molecule has 0 saturated carbocycles. The summed E-state index contributed by atoms with van der Waals surface area (Å²) in [6.07, 6.45) is -0.308. The molecule has 15 heteroatoms. The van der Waals surface area contributed by atoms with Crippen LogP contribution >= 0.6 is 0 Å². The van der Waals surface area contributed by atoms with Gasteiger partial charge in [0.15, 0.2) is 0 Å². The molecule has 0 atom stereocenters. The van der Waals surface area contributed by atoms with Crippen molar-refractivity contribution in [3.8, 4) is 0 Å². The number of hydrogen-bond donors (Lipinski definition) is 0. The van der Waals surface area contributed by atoms with E-state index in [0.717, 1.165) is 0 Å². The SMILES string of the molecule is O=C1CCCN1S(=O)(=O)[C-](S(=O)(=O)N1CCCC1=O)S(=O)(=O)N1CCCC1=O. The van der Waals surface area contributed by atoms with Crippen LogP contribution in [0.15, 0.2) is 0 Å². The Kier molecular flexibility index (Phi) is 5.21. The fourth-order valence-corrected chi connectivity index (χ4v) is 10.8.